The molecule has 112 valence electrons. The van der Waals surface area contributed by atoms with Crippen molar-refractivity contribution < 1.29 is 32.1 Å². The average Bonchev–Trinajstić information content (AvgIpc) is 3.05. The van der Waals surface area contributed by atoms with Crippen molar-refractivity contribution in [3.8, 4) is 11.7 Å². The molecule has 0 aliphatic carbocycles. The largest absolute Gasteiger partial charge is 0.460 e. The zero-order chi connectivity index (χ0) is 15.6. The van der Waals surface area contributed by atoms with Crippen LogP contribution in [0.15, 0.2) is 21.0 Å². The second-order valence-electron chi connectivity index (χ2n) is 3.65. The fourth-order valence-corrected chi connectivity index (χ4v) is 1.47. The van der Waals surface area contributed by atoms with E-state index >= 15 is 0 Å². The lowest BCUT2D eigenvalue weighted by atomic mass is 10.3. The van der Waals surface area contributed by atoms with Gasteiger partial charge in [0.05, 0.1) is 12.7 Å². The predicted molar refractivity (Wildman–Crippen MR) is 61.8 cm³/mol. The minimum Gasteiger partial charge on any atom is -0.460 e. The van der Waals surface area contributed by atoms with E-state index in [-0.39, 0.29) is 12.4 Å². The molecule has 0 spiro atoms. The zero-order valence-electron chi connectivity index (χ0n) is 10.5. The van der Waals surface area contributed by atoms with Gasteiger partial charge >= 0.3 is 11.9 Å². The summed E-state index contributed by atoms with van der Waals surface area (Å²) in [6.07, 6.45) is -3.08. The highest BCUT2D eigenvalue weighted by Crippen LogP contribution is 2.31. The third kappa shape index (κ3) is 2.88. The standard InChI is InChI=1S/C11H8F2N2O6/c1-2-19-11(16)8-7(9(12)13)14-10(21-8)5-3-4-6(20-5)15(17)18/h3-4,9H,2H2,1H3. The van der Waals surface area contributed by atoms with E-state index in [1.807, 2.05) is 0 Å². The molecule has 10 heteroatoms. The molecule has 0 bridgehead atoms. The molecule has 2 aromatic heterocycles. The molecule has 2 heterocycles. The molecule has 0 aliphatic rings. The monoisotopic (exact) mass is 302 g/mol. The van der Waals surface area contributed by atoms with Crippen molar-refractivity contribution in [2.24, 2.45) is 0 Å². The van der Waals surface area contributed by atoms with Crippen LogP contribution < -0.4 is 0 Å². The van der Waals surface area contributed by atoms with Crippen molar-refractivity contribution in [2.45, 2.75) is 13.3 Å². The number of halogens is 2. The van der Waals surface area contributed by atoms with Gasteiger partial charge in [0.15, 0.2) is 11.5 Å². The first kappa shape index (κ1) is 14.6. The van der Waals surface area contributed by atoms with Crippen molar-refractivity contribution in [1.82, 2.24) is 4.98 Å². The predicted octanol–water partition coefficient (Wildman–Crippen LogP) is 2.96. The molecule has 2 rings (SSSR count). The highest BCUT2D eigenvalue weighted by Gasteiger charge is 2.29. The number of nitrogens with zero attached hydrogens (tertiary/aromatic N) is 2. The van der Waals surface area contributed by atoms with Crippen LogP contribution in [0.1, 0.15) is 29.6 Å². The maximum Gasteiger partial charge on any atom is 0.433 e. The summed E-state index contributed by atoms with van der Waals surface area (Å²) in [5.74, 6) is -3.20. The van der Waals surface area contributed by atoms with E-state index < -0.39 is 40.5 Å². The van der Waals surface area contributed by atoms with Crippen molar-refractivity contribution in [3.05, 3.63) is 33.7 Å². The fraction of sp³-hybridized carbons (Fsp3) is 0.273. The molecule has 0 saturated heterocycles. The summed E-state index contributed by atoms with van der Waals surface area (Å²) in [6, 6.07) is 2.12. The van der Waals surface area contributed by atoms with Gasteiger partial charge in [0.1, 0.15) is 4.92 Å². The number of nitro groups is 1. The number of hydrogen-bond donors (Lipinski definition) is 0. The van der Waals surface area contributed by atoms with Gasteiger partial charge in [-0.2, -0.15) is 0 Å². The number of aromatic nitrogens is 1. The number of oxazole rings is 1. The van der Waals surface area contributed by atoms with Crippen molar-refractivity contribution >= 4 is 11.9 Å². The van der Waals surface area contributed by atoms with E-state index in [0.29, 0.717) is 0 Å². The highest BCUT2D eigenvalue weighted by molar-refractivity contribution is 5.88. The average molecular weight is 302 g/mol. The Balaban J connectivity index is 2.42. The van der Waals surface area contributed by atoms with Gasteiger partial charge in [0.25, 0.3) is 12.3 Å². The number of esters is 1. The Morgan fingerprint density at radius 1 is 1.48 bits per heavy atom. The summed E-state index contributed by atoms with van der Waals surface area (Å²) in [5.41, 5.74) is -0.914. The molecular formula is C11H8F2N2O6. The Labute approximate surface area is 115 Å². The number of ether oxygens (including phenoxy) is 1. The summed E-state index contributed by atoms with van der Waals surface area (Å²) in [5, 5.41) is 10.5. The number of rotatable bonds is 5. The Bertz CT molecular complexity index is 678. The van der Waals surface area contributed by atoms with E-state index in [1.54, 1.807) is 0 Å². The van der Waals surface area contributed by atoms with Gasteiger partial charge in [-0.05, 0) is 13.0 Å². The van der Waals surface area contributed by atoms with Gasteiger partial charge in [-0.1, -0.05) is 0 Å². The number of furan rings is 1. The van der Waals surface area contributed by atoms with E-state index in [9.17, 15) is 23.7 Å². The zero-order valence-corrected chi connectivity index (χ0v) is 10.5. The van der Waals surface area contributed by atoms with E-state index in [0.717, 1.165) is 12.1 Å². The molecule has 0 N–H and O–H groups in total. The van der Waals surface area contributed by atoms with E-state index in [2.05, 4.69) is 9.72 Å². The topological polar surface area (TPSA) is 109 Å². The lowest BCUT2D eigenvalue weighted by Gasteiger charge is -1.99. The molecule has 0 atom stereocenters. The van der Waals surface area contributed by atoms with Crippen LogP contribution in [0.25, 0.3) is 11.7 Å². The molecular weight excluding hydrogens is 294 g/mol. The summed E-state index contributed by atoms with van der Waals surface area (Å²) >= 11 is 0. The van der Waals surface area contributed by atoms with Gasteiger partial charge in [0, 0.05) is 0 Å². The maximum atomic E-state index is 12.8. The second-order valence-corrected chi connectivity index (χ2v) is 3.65. The Kier molecular flexibility index (Phi) is 3.96. The molecule has 0 radical (unpaired) electrons. The summed E-state index contributed by atoms with van der Waals surface area (Å²) < 4.78 is 39.9. The molecule has 0 fully saturated rings. The van der Waals surface area contributed by atoms with Crippen LogP contribution >= 0.6 is 0 Å². The number of alkyl halides is 2. The van der Waals surface area contributed by atoms with Crippen LogP contribution in [-0.4, -0.2) is 22.5 Å². The van der Waals surface area contributed by atoms with Gasteiger partial charge in [-0.15, -0.1) is 0 Å². The fourth-order valence-electron chi connectivity index (χ4n) is 1.47. The number of carbonyl (C=O) groups excluding carboxylic acids is 1. The van der Waals surface area contributed by atoms with Gasteiger partial charge in [-0.25, -0.2) is 18.6 Å². The Morgan fingerprint density at radius 2 is 2.19 bits per heavy atom. The maximum absolute atomic E-state index is 12.8. The summed E-state index contributed by atoms with van der Waals surface area (Å²) in [6.45, 7) is 1.46. The van der Waals surface area contributed by atoms with E-state index in [1.165, 1.54) is 6.92 Å². The van der Waals surface area contributed by atoms with Crippen molar-refractivity contribution in [2.75, 3.05) is 6.61 Å². The Hall–Kier alpha value is -2.78. The minimum atomic E-state index is -3.08. The van der Waals surface area contributed by atoms with Crippen LogP contribution in [0.4, 0.5) is 14.7 Å². The van der Waals surface area contributed by atoms with Crippen LogP contribution in [0.2, 0.25) is 0 Å². The third-order valence-corrected chi connectivity index (χ3v) is 2.30. The highest BCUT2D eigenvalue weighted by atomic mass is 19.3. The van der Waals surface area contributed by atoms with Crippen LogP contribution in [0.5, 0.6) is 0 Å². The molecule has 0 amide bonds. The minimum absolute atomic E-state index is 0.0379. The molecule has 0 aromatic carbocycles. The quantitative estimate of drug-likeness (QED) is 0.474. The molecule has 0 aliphatic heterocycles. The van der Waals surface area contributed by atoms with Crippen molar-refractivity contribution in [3.63, 3.8) is 0 Å². The summed E-state index contributed by atoms with van der Waals surface area (Å²) in [7, 11) is 0. The molecule has 21 heavy (non-hydrogen) atoms. The first-order valence-electron chi connectivity index (χ1n) is 5.64. The summed E-state index contributed by atoms with van der Waals surface area (Å²) in [4.78, 5) is 24.6. The third-order valence-electron chi connectivity index (χ3n) is 2.30. The molecule has 2 aromatic rings. The number of hydrogen-bond acceptors (Lipinski definition) is 7. The SMILES string of the molecule is CCOC(=O)c1oc(-c2ccc([N+](=O)[O-])o2)nc1C(F)F. The van der Waals surface area contributed by atoms with Crippen LogP contribution in [0.3, 0.4) is 0 Å². The van der Waals surface area contributed by atoms with Gasteiger partial charge in [0.2, 0.25) is 5.76 Å². The first-order chi connectivity index (χ1) is 9.93. The first-order valence-corrected chi connectivity index (χ1v) is 5.64. The van der Waals surface area contributed by atoms with Crippen LogP contribution in [-0.2, 0) is 4.74 Å². The Morgan fingerprint density at radius 3 is 2.71 bits per heavy atom. The molecule has 0 saturated carbocycles. The van der Waals surface area contributed by atoms with Gasteiger partial charge in [-0.3, -0.25) is 10.1 Å². The lowest BCUT2D eigenvalue weighted by Crippen LogP contribution is -2.06. The second kappa shape index (κ2) is 5.69. The lowest BCUT2D eigenvalue weighted by molar-refractivity contribution is -0.401. The van der Waals surface area contributed by atoms with Crippen molar-refractivity contribution in [1.29, 1.82) is 0 Å². The van der Waals surface area contributed by atoms with Gasteiger partial charge < -0.3 is 13.6 Å². The van der Waals surface area contributed by atoms with E-state index in [4.69, 9.17) is 8.83 Å². The molecule has 8 nitrogen and oxygen atoms in total. The van der Waals surface area contributed by atoms with Crippen LogP contribution in [0, 0.1) is 10.1 Å². The normalized spacial score (nSPS) is 10.9. The molecule has 0 unspecified atom stereocenters. The smallest absolute Gasteiger partial charge is 0.433 e. The number of carbonyl (C=O) groups is 1.